The van der Waals surface area contributed by atoms with Crippen LogP contribution in [0.3, 0.4) is 0 Å². The SMILES string of the molecule is CC(C)(C)OC(=O)N[C@@H](Cc1ccc([N+](=O)[O-])cc1)C(=O)O.COC(=O)[C@@H](N)Cc1ccc(NC(=O)c2c(Cl)cncc2Cl)cc1.COC(=O)[C@@H](N)Cc1ccc(NC(=O)c2c(Cl)cncc2Cl)cc1.COC(=O)[C@H](Cc1ccc(N)cc1)NC(=O)OC(C)(C)C.COC(=O)[C@H](Cc1ccc(NC(=O)c2c(Cl)cncc2Cl)cc1)NC(=O)[C@H]1NC2CCC1CC2.O=C(O)[C@@H]1C2CCC(CC2)N1C(=O)OCc1ccccc1. The summed E-state index contributed by atoms with van der Waals surface area (Å²) in [5, 5.41) is 49.3. The minimum absolute atomic E-state index is 0.00737. The van der Waals surface area contributed by atoms with Crippen LogP contribution in [0.4, 0.5) is 42.8 Å². The summed E-state index contributed by atoms with van der Waals surface area (Å²) in [5.41, 5.74) is 23.1. The van der Waals surface area contributed by atoms with Crippen LogP contribution in [0.1, 0.15) is 157 Å². The number of piperidine rings is 4. The molecule has 4 bridgehead atoms. The predicted molar refractivity (Wildman–Crippen MR) is 547 cm³/mol. The lowest BCUT2D eigenvalue weighted by Crippen LogP contribution is -2.60. The van der Waals surface area contributed by atoms with Crippen molar-refractivity contribution in [2.24, 2.45) is 23.3 Å². The lowest BCUT2D eigenvalue weighted by Gasteiger charge is -2.48. The average molecular weight is 2140 g/mol. The Morgan fingerprint density at radius 3 is 1.12 bits per heavy atom. The van der Waals surface area contributed by atoms with Crippen LogP contribution in [-0.2, 0) is 105 Å². The van der Waals surface area contributed by atoms with E-state index in [1.807, 2.05) is 30.3 Å². The van der Waals surface area contributed by atoms with Gasteiger partial charge in [-0.3, -0.25) is 58.7 Å². The summed E-state index contributed by atoms with van der Waals surface area (Å²) >= 11 is 35.9. The number of carbonyl (C=O) groups excluding carboxylic acids is 11. The number of methoxy groups -OCH3 is 4. The molecule has 6 aliphatic rings. The van der Waals surface area contributed by atoms with E-state index in [1.54, 1.807) is 139 Å². The van der Waals surface area contributed by atoms with Crippen LogP contribution >= 0.6 is 69.6 Å². The number of anilines is 4. The number of carbonyl (C=O) groups is 13. The average Bonchev–Trinajstić information content (AvgIpc) is 0.768. The van der Waals surface area contributed by atoms with Crippen molar-refractivity contribution >= 4 is 176 Å². The van der Waals surface area contributed by atoms with Gasteiger partial charge in [0.2, 0.25) is 5.91 Å². The van der Waals surface area contributed by atoms with Crippen molar-refractivity contribution in [3.8, 4) is 0 Å². The van der Waals surface area contributed by atoms with E-state index in [0.29, 0.717) is 59.5 Å². The van der Waals surface area contributed by atoms with Crippen LogP contribution in [0.5, 0.6) is 0 Å². The van der Waals surface area contributed by atoms with E-state index in [4.69, 9.17) is 116 Å². The lowest BCUT2D eigenvalue weighted by atomic mass is 9.75. The molecule has 15 rings (SSSR count). The highest BCUT2D eigenvalue weighted by Crippen LogP contribution is 2.41. The molecule has 6 aromatic carbocycles. The molecule has 4 saturated heterocycles. The Morgan fingerprint density at radius 2 is 0.781 bits per heavy atom. The monoisotopic (exact) mass is 2130 g/mol. The van der Waals surface area contributed by atoms with E-state index in [-0.39, 0.29) is 95.9 Å². The number of carboxylic acid groups (broad SMARTS) is 2. The minimum atomic E-state index is -1.22. The molecular weight excluding hydrogens is 2020 g/mol. The highest BCUT2D eigenvalue weighted by atomic mass is 35.5. The molecule has 7 atom stereocenters. The molecule has 7 heterocycles. The maximum Gasteiger partial charge on any atom is 0.411 e. The molecule has 4 aliphatic heterocycles. The first-order valence-electron chi connectivity index (χ1n) is 45.6. The van der Waals surface area contributed by atoms with Gasteiger partial charge in [-0.15, -0.1) is 0 Å². The summed E-state index contributed by atoms with van der Waals surface area (Å²) in [6.07, 6.45) is 15.1. The number of hydrogen-bond acceptors (Lipinski definition) is 29. The zero-order valence-electron chi connectivity index (χ0n) is 81.3. The summed E-state index contributed by atoms with van der Waals surface area (Å²) in [5.74, 6) is -5.26. The molecule has 6 fully saturated rings. The van der Waals surface area contributed by atoms with Crippen molar-refractivity contribution < 1.29 is 111 Å². The number of alkyl carbamates (subject to hydrolysis) is 2. The molecule has 7 amide bonds. The van der Waals surface area contributed by atoms with Gasteiger partial charge in [-0.2, -0.15) is 0 Å². The third-order valence-electron chi connectivity index (χ3n) is 22.7. The summed E-state index contributed by atoms with van der Waals surface area (Å²) in [6, 6.07) is 37.8. The Labute approximate surface area is 871 Å². The number of carboxylic acids is 2. The molecule has 39 nitrogen and oxygen atoms in total. The van der Waals surface area contributed by atoms with E-state index < -0.39 is 124 Å². The minimum Gasteiger partial charge on any atom is -0.480 e. The number of ether oxygens (including phenoxy) is 7. The first-order valence-corrected chi connectivity index (χ1v) is 47.9. The van der Waals surface area contributed by atoms with Crippen LogP contribution in [-0.4, -0.2) is 207 Å². The van der Waals surface area contributed by atoms with Crippen LogP contribution < -0.4 is 54.4 Å². The van der Waals surface area contributed by atoms with E-state index in [0.717, 1.165) is 79.2 Å². The Bertz CT molecular complexity index is 5810. The number of fused-ring (bicyclic) bond motifs is 6. The fourth-order valence-corrected chi connectivity index (χ4v) is 17.2. The number of nitrogens with zero attached hydrogens (tertiary/aromatic N) is 5. The number of pyridine rings is 3. The second-order valence-electron chi connectivity index (χ2n) is 35.7. The lowest BCUT2D eigenvalue weighted by molar-refractivity contribution is -0.384. The largest absolute Gasteiger partial charge is 0.480 e. The third kappa shape index (κ3) is 37.3. The number of amides is 7. The Hall–Kier alpha value is -13.9. The second-order valence-corrected chi connectivity index (χ2v) is 38.2. The predicted octanol–water partition coefficient (Wildman–Crippen LogP) is 15.4. The number of nitrogens with two attached hydrogens (primary N) is 3. The van der Waals surface area contributed by atoms with E-state index >= 15 is 0 Å². The highest BCUT2D eigenvalue weighted by Gasteiger charge is 2.49. The van der Waals surface area contributed by atoms with Crippen LogP contribution in [0, 0.1) is 22.0 Å². The molecule has 0 spiro atoms. The molecule has 9 aromatic rings. The molecule has 45 heteroatoms. The molecule has 780 valence electrons. The number of nitrogen functional groups attached to an aromatic ring is 1. The van der Waals surface area contributed by atoms with Crippen LogP contribution in [0.25, 0.3) is 0 Å². The summed E-state index contributed by atoms with van der Waals surface area (Å²) in [6.45, 7) is 10.4. The standard InChI is InChI=1S/C24H26Cl2N4O4.2C16H15Cl2N3O3.C16H19NO4.C15H22N2O4.C14H18N2O6/c1-34-24(33)19(30-23(32)21-14-4-8-15(28-21)9-5-14)10-13-2-6-16(7-3-13)29-22(31)20-17(25)11-27-12-18(20)26;2*1-24-16(23)13(19)6-9-2-4-10(5-3-9)21-15(22)14-11(17)7-20-8-12(14)18;18-15(19)14-12-6-8-13(9-7-12)17(14)16(20)21-10-11-4-2-1-3-5-11;1-15(2,3)21-14(19)17-12(13(18)20-4)9-10-5-7-11(16)8-6-10;1-14(2,3)22-13(19)15-11(12(17)18)8-9-4-6-10(7-5-9)16(20)21/h2-3,6-7,11-12,14-15,19,21,28H,4-5,8-10H2,1H3,(H,29,31)(H,30,32);2*2-5,7-8,13H,6,19H2,1H3,(H,21,22);1-5,12-14H,6-10H2,(H,18,19);5-8,12H,9,16H2,1-4H3,(H,17,19);4-7,11H,8H2,1-3H3,(H,15,19)(H,17,18)/t14?,15?,19-,21-;2*13-;12?,13?,14-;12-;11-/m000000/s1. The Morgan fingerprint density at radius 1 is 0.445 bits per heavy atom. The van der Waals surface area contributed by atoms with E-state index in [2.05, 4.69) is 61.6 Å². The zero-order chi connectivity index (χ0) is 107. The highest BCUT2D eigenvalue weighted by molar-refractivity contribution is 6.41. The summed E-state index contributed by atoms with van der Waals surface area (Å²) < 4.78 is 34.3. The van der Waals surface area contributed by atoms with Gasteiger partial charge < -0.3 is 97.8 Å². The number of aliphatic carboxylic acids is 2. The van der Waals surface area contributed by atoms with Gasteiger partial charge in [0, 0.05) is 103 Å². The first-order chi connectivity index (χ1) is 69.1. The Kier molecular flexibility index (Phi) is 45.4. The van der Waals surface area contributed by atoms with Crippen molar-refractivity contribution in [1.29, 1.82) is 0 Å². The van der Waals surface area contributed by atoms with Crippen LogP contribution in [0.2, 0.25) is 30.1 Å². The van der Waals surface area contributed by atoms with Gasteiger partial charge in [0.1, 0.15) is 54.1 Å². The number of aromatic nitrogens is 3. The fraction of sp³-hybridized carbons (Fsp3) is 0.366. The number of hydrogen-bond donors (Lipinski definition) is 12. The topological polar surface area (TPSA) is 574 Å². The van der Waals surface area contributed by atoms with Gasteiger partial charge in [0.25, 0.3) is 23.4 Å². The van der Waals surface area contributed by atoms with E-state index in [9.17, 15) is 77.5 Å². The van der Waals surface area contributed by atoms with Gasteiger partial charge in [-0.25, -0.2) is 33.6 Å². The number of benzene rings is 6. The number of nitro benzene ring substituents is 1. The quantitative estimate of drug-likeness (QED) is 0.00681. The molecule has 3 aromatic heterocycles. The van der Waals surface area contributed by atoms with Gasteiger partial charge >= 0.3 is 54.1 Å². The number of non-ortho nitro benzene ring substituents is 1. The van der Waals surface area contributed by atoms with Gasteiger partial charge in [-0.1, -0.05) is 161 Å². The summed E-state index contributed by atoms with van der Waals surface area (Å²) in [7, 11) is 5.15. The third-order valence-corrected chi connectivity index (χ3v) is 24.4. The first kappa shape index (κ1) is 117. The second kappa shape index (κ2) is 56.5. The number of nitrogens with one attached hydrogen (secondary N) is 7. The molecule has 2 saturated carbocycles. The summed E-state index contributed by atoms with van der Waals surface area (Å²) in [4.78, 5) is 178. The molecule has 0 unspecified atom stereocenters. The number of rotatable bonds is 29. The Balaban J connectivity index is 0.000000216. The maximum atomic E-state index is 12.9. The van der Waals surface area contributed by atoms with Gasteiger partial charge in [0.15, 0.2) is 0 Å². The number of halogens is 6. The molecule has 146 heavy (non-hydrogen) atoms. The normalized spacial score (nSPS) is 16.5. The molecule has 0 radical (unpaired) electrons. The molecular formula is C101H115Cl6N15O24. The fourth-order valence-electron chi connectivity index (χ4n) is 15.6. The van der Waals surface area contributed by atoms with Gasteiger partial charge in [-0.05, 0) is 199 Å². The molecule has 15 N–H and O–H groups in total. The van der Waals surface area contributed by atoms with Crippen molar-refractivity contribution in [1.82, 2.24) is 41.1 Å². The van der Waals surface area contributed by atoms with Crippen molar-refractivity contribution in [2.45, 2.75) is 197 Å². The van der Waals surface area contributed by atoms with Crippen LogP contribution in [0.15, 0.2) is 189 Å². The molecule has 2 aliphatic carbocycles. The van der Waals surface area contributed by atoms with Crippen molar-refractivity contribution in [3.05, 3.63) is 279 Å². The maximum absolute atomic E-state index is 12.9. The van der Waals surface area contributed by atoms with Gasteiger partial charge in [0.05, 0.1) is 86.2 Å². The number of esters is 4. The van der Waals surface area contributed by atoms with E-state index in [1.165, 1.54) is 94.8 Å². The smallest absolute Gasteiger partial charge is 0.411 e. The number of nitro groups is 1. The zero-order valence-corrected chi connectivity index (χ0v) is 85.8. The van der Waals surface area contributed by atoms with Crippen molar-refractivity contribution in [3.63, 3.8) is 0 Å². The van der Waals surface area contributed by atoms with Crippen molar-refractivity contribution in [2.75, 3.05) is 50.1 Å².